The summed E-state index contributed by atoms with van der Waals surface area (Å²) in [4.78, 5) is 15.4. The van der Waals surface area contributed by atoms with Crippen LogP contribution in [0.4, 0.5) is 14.6 Å². The predicted octanol–water partition coefficient (Wildman–Crippen LogP) is 1.78. The second kappa shape index (κ2) is 11.9. The Morgan fingerprint density at radius 2 is 1.82 bits per heavy atom. The van der Waals surface area contributed by atoms with Crippen molar-refractivity contribution in [2.75, 3.05) is 25.6 Å². The maximum atomic E-state index is 14.0. The van der Waals surface area contributed by atoms with Gasteiger partial charge in [-0.1, -0.05) is 0 Å². The van der Waals surface area contributed by atoms with Crippen LogP contribution >= 0.6 is 0 Å². The largest absolute Gasteiger partial charge is 0.482 e. The Kier molecular flexibility index (Phi) is 8.91. The van der Waals surface area contributed by atoms with E-state index in [9.17, 15) is 18.7 Å². The number of nitrogen functional groups attached to an aromatic ring is 1. The molecule has 0 aliphatic rings. The molecule has 0 bridgehead atoms. The second-order valence-corrected chi connectivity index (χ2v) is 8.46. The number of aliphatic hydroxyl groups excluding tert-OH is 3. The lowest BCUT2D eigenvalue weighted by molar-refractivity contribution is 0.0691. The van der Waals surface area contributed by atoms with Gasteiger partial charge in [-0.05, 0) is 43.3 Å². The summed E-state index contributed by atoms with van der Waals surface area (Å²) < 4.78 is 35.0. The highest BCUT2D eigenvalue weighted by molar-refractivity contribution is 5.88. The summed E-state index contributed by atoms with van der Waals surface area (Å²) in [5.74, 6) is -2.62. The zero-order chi connectivity index (χ0) is 28.0. The Labute approximate surface area is 215 Å². The molecular weight excluding hydrogens is 504 g/mol. The van der Waals surface area contributed by atoms with Gasteiger partial charge < -0.3 is 36.6 Å². The standard InChI is InChI=1S/C21H16F2N4O3.C4H11NO3/c1-11(15-8-12(21(28)29)3-4-17(15)27-6-2-5-25-27)30-18-9-13-7-14(22)10-16(23)19(13)26-20(18)24;5-4(1-6,2-7)3-8/h2-11H,1H3,(H2,24,26)(H,28,29);6-8H,1-3,5H2/t11-;/m0./s1. The Morgan fingerprint density at radius 1 is 1.13 bits per heavy atom. The van der Waals surface area contributed by atoms with Crippen molar-refractivity contribution in [3.8, 4) is 11.4 Å². The van der Waals surface area contributed by atoms with Crippen LogP contribution in [0.3, 0.4) is 0 Å². The first-order chi connectivity index (χ1) is 18.0. The highest BCUT2D eigenvalue weighted by Crippen LogP contribution is 2.33. The number of carboxylic acid groups (broad SMARTS) is 1. The average Bonchev–Trinajstić information content (AvgIpc) is 3.44. The van der Waals surface area contributed by atoms with Crippen LogP contribution in [-0.2, 0) is 0 Å². The monoisotopic (exact) mass is 531 g/mol. The Hall–Kier alpha value is -4.17. The quantitative estimate of drug-likeness (QED) is 0.195. The van der Waals surface area contributed by atoms with Crippen molar-refractivity contribution in [2.45, 2.75) is 18.6 Å². The molecule has 38 heavy (non-hydrogen) atoms. The van der Waals surface area contributed by atoms with Crippen molar-refractivity contribution in [2.24, 2.45) is 5.73 Å². The van der Waals surface area contributed by atoms with Gasteiger partial charge >= 0.3 is 5.97 Å². The van der Waals surface area contributed by atoms with Crippen LogP contribution in [-0.4, -0.2) is 66.5 Å². The lowest BCUT2D eigenvalue weighted by Crippen LogP contribution is -2.50. The smallest absolute Gasteiger partial charge is 0.335 e. The fourth-order valence-corrected chi connectivity index (χ4v) is 3.34. The molecule has 0 radical (unpaired) electrons. The van der Waals surface area contributed by atoms with Crippen molar-refractivity contribution in [1.82, 2.24) is 14.8 Å². The first-order valence-electron chi connectivity index (χ1n) is 11.2. The number of benzene rings is 2. The van der Waals surface area contributed by atoms with Gasteiger partial charge in [-0.25, -0.2) is 23.2 Å². The molecule has 2 aromatic heterocycles. The number of hydrogen-bond acceptors (Lipinski definition) is 9. The normalized spacial score (nSPS) is 12.1. The number of aromatic nitrogens is 3. The lowest BCUT2D eigenvalue weighted by atomic mass is 10.0. The number of rotatable bonds is 8. The van der Waals surface area contributed by atoms with Gasteiger partial charge in [-0.15, -0.1) is 0 Å². The number of nitrogens with two attached hydrogens (primary N) is 2. The molecule has 0 saturated heterocycles. The molecule has 0 fully saturated rings. The van der Waals surface area contributed by atoms with Gasteiger partial charge in [0.25, 0.3) is 0 Å². The predicted molar refractivity (Wildman–Crippen MR) is 134 cm³/mol. The van der Waals surface area contributed by atoms with E-state index in [2.05, 4.69) is 10.1 Å². The number of fused-ring (bicyclic) bond motifs is 1. The number of hydrogen-bond donors (Lipinski definition) is 6. The number of aliphatic hydroxyl groups is 3. The fourth-order valence-electron chi connectivity index (χ4n) is 3.34. The minimum Gasteiger partial charge on any atom is -0.482 e. The van der Waals surface area contributed by atoms with E-state index in [1.165, 1.54) is 18.2 Å². The average molecular weight is 532 g/mol. The van der Waals surface area contributed by atoms with E-state index < -0.39 is 49.1 Å². The van der Waals surface area contributed by atoms with Gasteiger partial charge in [-0.3, -0.25) is 0 Å². The molecule has 4 aromatic rings. The van der Waals surface area contributed by atoms with Crippen molar-refractivity contribution in [3.63, 3.8) is 0 Å². The summed E-state index contributed by atoms with van der Waals surface area (Å²) in [5, 5.41) is 38.7. The van der Waals surface area contributed by atoms with E-state index in [0.29, 0.717) is 11.3 Å². The summed E-state index contributed by atoms with van der Waals surface area (Å²) >= 11 is 0. The topological polar surface area (TPSA) is 190 Å². The highest BCUT2D eigenvalue weighted by atomic mass is 19.1. The molecule has 0 spiro atoms. The van der Waals surface area contributed by atoms with E-state index in [1.54, 1.807) is 36.1 Å². The summed E-state index contributed by atoms with van der Waals surface area (Å²) in [6, 6.07) is 9.55. The number of ether oxygens (including phenoxy) is 1. The number of pyridine rings is 1. The van der Waals surface area contributed by atoms with Crippen LogP contribution in [0.25, 0.3) is 16.6 Å². The van der Waals surface area contributed by atoms with Crippen LogP contribution in [0.15, 0.2) is 54.9 Å². The van der Waals surface area contributed by atoms with Crippen molar-refractivity contribution < 1.29 is 38.7 Å². The lowest BCUT2D eigenvalue weighted by Gasteiger charge is -2.20. The molecule has 1 atom stereocenters. The maximum Gasteiger partial charge on any atom is 0.335 e. The number of nitrogens with zero attached hydrogens (tertiary/aromatic N) is 3. The molecule has 0 saturated carbocycles. The van der Waals surface area contributed by atoms with Crippen LogP contribution in [0.5, 0.6) is 5.75 Å². The van der Waals surface area contributed by atoms with Gasteiger partial charge in [0.15, 0.2) is 17.4 Å². The van der Waals surface area contributed by atoms with Gasteiger partial charge in [0, 0.05) is 29.4 Å². The Morgan fingerprint density at radius 3 is 2.37 bits per heavy atom. The zero-order valence-electron chi connectivity index (χ0n) is 20.3. The van der Waals surface area contributed by atoms with Gasteiger partial charge in [0.2, 0.25) is 0 Å². The van der Waals surface area contributed by atoms with E-state index in [1.807, 2.05) is 0 Å². The fraction of sp³-hybridized carbons (Fsp3) is 0.240. The minimum absolute atomic E-state index is 0.0704. The molecule has 202 valence electrons. The molecule has 0 aliphatic heterocycles. The number of anilines is 1. The van der Waals surface area contributed by atoms with E-state index >= 15 is 0 Å². The molecular formula is C25H27F2N5O6. The van der Waals surface area contributed by atoms with E-state index in [-0.39, 0.29) is 28.0 Å². The van der Waals surface area contributed by atoms with E-state index in [4.69, 9.17) is 31.5 Å². The molecule has 11 nitrogen and oxygen atoms in total. The molecule has 2 aromatic carbocycles. The third-order valence-corrected chi connectivity index (χ3v) is 5.54. The summed E-state index contributed by atoms with van der Waals surface area (Å²) in [6.07, 6.45) is 2.63. The Bertz CT molecular complexity index is 1410. The summed E-state index contributed by atoms with van der Waals surface area (Å²) in [6.45, 7) is 0.490. The zero-order valence-corrected chi connectivity index (χ0v) is 20.3. The number of aromatic carboxylic acids is 1. The number of halogens is 2. The first kappa shape index (κ1) is 28.4. The SMILES string of the molecule is C[C@H](Oc1cc2cc(F)cc(F)c2nc1N)c1cc(C(=O)O)ccc1-n1cccn1.NC(CO)(CO)CO. The van der Waals surface area contributed by atoms with Crippen LogP contribution in [0.2, 0.25) is 0 Å². The van der Waals surface area contributed by atoms with Crippen molar-refractivity contribution >= 4 is 22.7 Å². The van der Waals surface area contributed by atoms with Crippen molar-refractivity contribution in [1.29, 1.82) is 0 Å². The maximum absolute atomic E-state index is 14.0. The van der Waals surface area contributed by atoms with Gasteiger partial charge in [-0.2, -0.15) is 5.10 Å². The van der Waals surface area contributed by atoms with Gasteiger partial charge in [0.1, 0.15) is 17.4 Å². The van der Waals surface area contributed by atoms with E-state index in [0.717, 1.165) is 12.1 Å². The molecule has 0 aliphatic carbocycles. The number of carbonyl (C=O) groups is 1. The molecule has 4 rings (SSSR count). The van der Waals surface area contributed by atoms with Crippen molar-refractivity contribution in [3.05, 3.63) is 77.6 Å². The first-order valence-corrected chi connectivity index (χ1v) is 11.2. The second-order valence-electron chi connectivity index (χ2n) is 8.46. The van der Waals surface area contributed by atoms with Crippen LogP contribution in [0.1, 0.15) is 28.9 Å². The third kappa shape index (κ3) is 6.39. The molecule has 2 heterocycles. The molecule has 8 N–H and O–H groups in total. The number of carboxylic acids is 1. The van der Waals surface area contributed by atoms with Crippen LogP contribution < -0.4 is 16.2 Å². The Balaban J connectivity index is 0.000000436. The minimum atomic E-state index is -1.21. The third-order valence-electron chi connectivity index (χ3n) is 5.54. The van der Waals surface area contributed by atoms with Gasteiger partial charge in [0.05, 0.1) is 36.6 Å². The molecule has 0 unspecified atom stereocenters. The summed E-state index contributed by atoms with van der Waals surface area (Å²) in [5.41, 5.74) is 11.0. The summed E-state index contributed by atoms with van der Waals surface area (Å²) in [7, 11) is 0. The molecule has 13 heteroatoms. The van der Waals surface area contributed by atoms with Crippen LogP contribution in [0, 0.1) is 11.6 Å². The molecule has 0 amide bonds. The highest BCUT2D eigenvalue weighted by Gasteiger charge is 2.21.